The lowest BCUT2D eigenvalue weighted by Gasteiger charge is -2.34. The third kappa shape index (κ3) is 4.52. The van der Waals surface area contributed by atoms with Crippen LogP contribution in [0.1, 0.15) is 25.5 Å². The minimum absolute atomic E-state index is 0.278. The number of nitrogens with zero attached hydrogens (tertiary/aromatic N) is 2. The van der Waals surface area contributed by atoms with Crippen LogP contribution in [0.25, 0.3) is 0 Å². The molecule has 1 aliphatic rings. The van der Waals surface area contributed by atoms with Gasteiger partial charge in [-0.1, -0.05) is 19.9 Å². The highest BCUT2D eigenvalue weighted by atomic mass is 19.1. The molecule has 1 atom stereocenters. The van der Waals surface area contributed by atoms with E-state index in [0.29, 0.717) is 23.6 Å². The van der Waals surface area contributed by atoms with Gasteiger partial charge in [-0.05, 0) is 35.7 Å². The number of aromatic nitrogens is 1. The number of ether oxygens (including phenoxy) is 1. The summed E-state index contributed by atoms with van der Waals surface area (Å²) in [5, 5.41) is 3.55. The number of halogens is 1. The molecule has 0 radical (unpaired) electrons. The number of piperazine rings is 1. The Labute approximate surface area is 142 Å². The summed E-state index contributed by atoms with van der Waals surface area (Å²) in [5.41, 5.74) is 1.16. The largest absolute Gasteiger partial charge is 0.439 e. The van der Waals surface area contributed by atoms with Crippen LogP contribution in [-0.4, -0.2) is 36.1 Å². The molecule has 1 fully saturated rings. The molecule has 24 heavy (non-hydrogen) atoms. The van der Waals surface area contributed by atoms with Crippen LogP contribution < -0.4 is 10.1 Å². The van der Waals surface area contributed by atoms with Crippen molar-refractivity contribution in [2.24, 2.45) is 5.92 Å². The van der Waals surface area contributed by atoms with Crippen molar-refractivity contribution >= 4 is 0 Å². The Kier molecular flexibility index (Phi) is 5.43. The van der Waals surface area contributed by atoms with E-state index in [0.717, 1.165) is 31.7 Å². The minimum atomic E-state index is -0.278. The van der Waals surface area contributed by atoms with Crippen LogP contribution in [0.15, 0.2) is 42.6 Å². The fourth-order valence-corrected chi connectivity index (χ4v) is 3.00. The summed E-state index contributed by atoms with van der Waals surface area (Å²) < 4.78 is 18.6. The molecule has 5 heteroatoms. The van der Waals surface area contributed by atoms with Gasteiger partial charge < -0.3 is 10.1 Å². The standard InChI is InChI=1S/C19H24FN3O/c1-14(2)12-23-10-9-21-18(13-23)15-3-8-19(22-11-15)24-17-6-4-16(20)5-7-17/h3-8,11,14,18,21H,9-10,12-13H2,1-2H3. The molecule has 1 aromatic heterocycles. The maximum absolute atomic E-state index is 12.9. The minimum Gasteiger partial charge on any atom is -0.439 e. The van der Waals surface area contributed by atoms with E-state index in [1.165, 1.54) is 12.1 Å². The molecule has 3 rings (SSSR count). The molecule has 4 nitrogen and oxygen atoms in total. The number of nitrogens with one attached hydrogen (secondary N) is 1. The van der Waals surface area contributed by atoms with Crippen LogP contribution >= 0.6 is 0 Å². The lowest BCUT2D eigenvalue weighted by molar-refractivity contribution is 0.182. The second kappa shape index (κ2) is 7.73. The van der Waals surface area contributed by atoms with E-state index < -0.39 is 0 Å². The smallest absolute Gasteiger partial charge is 0.219 e. The highest BCUT2D eigenvalue weighted by Gasteiger charge is 2.21. The molecule has 2 aromatic rings. The monoisotopic (exact) mass is 329 g/mol. The van der Waals surface area contributed by atoms with Crippen molar-refractivity contribution < 1.29 is 9.13 Å². The summed E-state index contributed by atoms with van der Waals surface area (Å²) in [5.74, 6) is 1.49. The second-order valence-electron chi connectivity index (χ2n) is 6.65. The predicted molar refractivity (Wildman–Crippen MR) is 92.7 cm³/mol. The Bertz CT molecular complexity index is 643. The zero-order valence-electron chi connectivity index (χ0n) is 14.2. The number of hydrogen-bond acceptors (Lipinski definition) is 4. The molecule has 1 saturated heterocycles. The van der Waals surface area contributed by atoms with E-state index in [4.69, 9.17) is 4.74 Å². The number of benzene rings is 1. The highest BCUT2D eigenvalue weighted by Crippen LogP contribution is 2.22. The van der Waals surface area contributed by atoms with Gasteiger partial charge in [0.05, 0.1) is 0 Å². The molecule has 0 amide bonds. The molecule has 0 bridgehead atoms. The average molecular weight is 329 g/mol. The molecule has 1 unspecified atom stereocenters. The van der Waals surface area contributed by atoms with Crippen molar-refractivity contribution in [3.8, 4) is 11.6 Å². The Morgan fingerprint density at radius 2 is 2.04 bits per heavy atom. The van der Waals surface area contributed by atoms with Crippen LogP contribution in [0.4, 0.5) is 4.39 Å². The molecule has 1 N–H and O–H groups in total. The van der Waals surface area contributed by atoms with Crippen LogP contribution in [0.2, 0.25) is 0 Å². The van der Waals surface area contributed by atoms with Crippen LogP contribution in [0.5, 0.6) is 11.6 Å². The summed E-state index contributed by atoms with van der Waals surface area (Å²) in [7, 11) is 0. The van der Waals surface area contributed by atoms with Crippen molar-refractivity contribution in [2.45, 2.75) is 19.9 Å². The van der Waals surface area contributed by atoms with Gasteiger partial charge in [-0.25, -0.2) is 9.37 Å². The topological polar surface area (TPSA) is 37.4 Å². The van der Waals surface area contributed by atoms with E-state index in [2.05, 4.69) is 29.0 Å². The van der Waals surface area contributed by atoms with Gasteiger partial charge in [0.1, 0.15) is 11.6 Å². The first-order valence-electron chi connectivity index (χ1n) is 8.45. The van der Waals surface area contributed by atoms with Gasteiger partial charge in [0.25, 0.3) is 0 Å². The van der Waals surface area contributed by atoms with Crippen molar-refractivity contribution in [2.75, 3.05) is 26.2 Å². The lowest BCUT2D eigenvalue weighted by Crippen LogP contribution is -2.46. The Morgan fingerprint density at radius 1 is 1.25 bits per heavy atom. The van der Waals surface area contributed by atoms with Crippen LogP contribution in [0.3, 0.4) is 0 Å². The fraction of sp³-hybridized carbons (Fsp3) is 0.421. The summed E-state index contributed by atoms with van der Waals surface area (Å²) in [6.45, 7) is 8.70. The third-order valence-electron chi connectivity index (χ3n) is 4.08. The maximum atomic E-state index is 12.9. The van der Waals surface area contributed by atoms with Gasteiger partial charge in [-0.15, -0.1) is 0 Å². The molecule has 128 valence electrons. The first-order chi connectivity index (χ1) is 11.6. The summed E-state index contributed by atoms with van der Waals surface area (Å²) in [6.07, 6.45) is 1.86. The van der Waals surface area contributed by atoms with Gasteiger partial charge in [0, 0.05) is 44.5 Å². The molecule has 1 aromatic carbocycles. The fourth-order valence-electron chi connectivity index (χ4n) is 3.00. The van der Waals surface area contributed by atoms with E-state index in [1.807, 2.05) is 18.3 Å². The van der Waals surface area contributed by atoms with Crippen molar-refractivity contribution in [3.63, 3.8) is 0 Å². The molecule has 0 spiro atoms. The van der Waals surface area contributed by atoms with Gasteiger partial charge in [0.15, 0.2) is 0 Å². The number of rotatable bonds is 5. The van der Waals surface area contributed by atoms with Crippen LogP contribution in [0, 0.1) is 11.7 Å². The molecule has 1 aliphatic heterocycles. The highest BCUT2D eigenvalue weighted by molar-refractivity contribution is 5.29. The van der Waals surface area contributed by atoms with Crippen LogP contribution in [-0.2, 0) is 0 Å². The predicted octanol–water partition coefficient (Wildman–Crippen LogP) is 3.62. The lowest BCUT2D eigenvalue weighted by atomic mass is 10.1. The van der Waals surface area contributed by atoms with Gasteiger partial charge in [-0.2, -0.15) is 0 Å². The number of pyridine rings is 1. The zero-order valence-corrected chi connectivity index (χ0v) is 14.2. The summed E-state index contributed by atoms with van der Waals surface area (Å²) in [4.78, 5) is 6.88. The quantitative estimate of drug-likeness (QED) is 0.909. The SMILES string of the molecule is CC(C)CN1CCNC(c2ccc(Oc3ccc(F)cc3)nc2)C1. The van der Waals surface area contributed by atoms with E-state index >= 15 is 0 Å². The molecule has 0 saturated carbocycles. The normalized spacial score (nSPS) is 18.8. The van der Waals surface area contributed by atoms with Crippen molar-refractivity contribution in [3.05, 3.63) is 54.0 Å². The zero-order chi connectivity index (χ0) is 16.9. The Balaban J connectivity index is 1.62. The average Bonchev–Trinajstić information content (AvgIpc) is 2.57. The molecular weight excluding hydrogens is 305 g/mol. The second-order valence-corrected chi connectivity index (χ2v) is 6.65. The van der Waals surface area contributed by atoms with Gasteiger partial charge >= 0.3 is 0 Å². The molecule has 2 heterocycles. The Morgan fingerprint density at radius 3 is 2.71 bits per heavy atom. The van der Waals surface area contributed by atoms with Gasteiger partial charge in [0.2, 0.25) is 5.88 Å². The van der Waals surface area contributed by atoms with Crippen molar-refractivity contribution in [1.82, 2.24) is 15.2 Å². The molecular formula is C19H24FN3O. The van der Waals surface area contributed by atoms with E-state index in [1.54, 1.807) is 12.1 Å². The summed E-state index contributed by atoms with van der Waals surface area (Å²) in [6, 6.07) is 10.1. The first kappa shape index (κ1) is 16.9. The maximum Gasteiger partial charge on any atom is 0.219 e. The summed E-state index contributed by atoms with van der Waals surface area (Å²) >= 11 is 0. The van der Waals surface area contributed by atoms with E-state index in [9.17, 15) is 4.39 Å². The molecule has 0 aliphatic carbocycles. The van der Waals surface area contributed by atoms with E-state index in [-0.39, 0.29) is 5.82 Å². The van der Waals surface area contributed by atoms with Gasteiger partial charge in [-0.3, -0.25) is 4.90 Å². The van der Waals surface area contributed by atoms with Crippen molar-refractivity contribution in [1.29, 1.82) is 0 Å². The number of hydrogen-bond donors (Lipinski definition) is 1. The Hall–Kier alpha value is -1.98. The first-order valence-corrected chi connectivity index (χ1v) is 8.45. The third-order valence-corrected chi connectivity index (χ3v) is 4.08.